The first kappa shape index (κ1) is 19.9. The number of alkyl halides is 3. The molecular formula is C17H14F3N3O4. The zero-order chi connectivity index (χ0) is 20.2. The van der Waals surface area contributed by atoms with E-state index >= 15 is 0 Å². The lowest BCUT2D eigenvalue weighted by Crippen LogP contribution is -2.45. The van der Waals surface area contributed by atoms with E-state index in [0.29, 0.717) is 0 Å². The molecule has 3 N–H and O–H groups in total. The lowest BCUT2D eigenvalue weighted by atomic mass is 10.0. The fourth-order valence-electron chi connectivity index (χ4n) is 2.36. The van der Waals surface area contributed by atoms with Gasteiger partial charge < -0.3 is 11.1 Å². The average molecular weight is 381 g/mol. The van der Waals surface area contributed by atoms with Gasteiger partial charge in [0.2, 0.25) is 5.91 Å². The predicted molar refractivity (Wildman–Crippen MR) is 88.7 cm³/mol. The Labute approximate surface area is 151 Å². The van der Waals surface area contributed by atoms with Crippen molar-refractivity contribution in [2.45, 2.75) is 18.6 Å². The molecule has 7 nitrogen and oxygen atoms in total. The van der Waals surface area contributed by atoms with E-state index in [-0.39, 0.29) is 23.2 Å². The quantitative estimate of drug-likeness (QED) is 0.591. The molecule has 0 saturated carbocycles. The minimum Gasteiger partial charge on any atom is -0.368 e. The Morgan fingerprint density at radius 3 is 2.22 bits per heavy atom. The average Bonchev–Trinajstić information content (AvgIpc) is 2.60. The SMILES string of the molecule is NC(=O)[C@@H](Cc1ccccc1[N+](=O)[O-])NC(=O)c1ccc(C(F)(F)F)cc1. The van der Waals surface area contributed by atoms with Crippen molar-refractivity contribution in [1.82, 2.24) is 5.32 Å². The third-order valence-electron chi connectivity index (χ3n) is 3.74. The number of hydrogen-bond acceptors (Lipinski definition) is 4. The van der Waals surface area contributed by atoms with Crippen LogP contribution in [-0.2, 0) is 17.4 Å². The summed E-state index contributed by atoms with van der Waals surface area (Å²) in [7, 11) is 0. The summed E-state index contributed by atoms with van der Waals surface area (Å²) in [5, 5.41) is 13.3. The molecule has 1 atom stereocenters. The van der Waals surface area contributed by atoms with Crippen molar-refractivity contribution in [3.8, 4) is 0 Å². The molecule has 0 radical (unpaired) electrons. The molecule has 2 aromatic rings. The molecular weight excluding hydrogens is 367 g/mol. The molecule has 10 heteroatoms. The first-order chi connectivity index (χ1) is 12.6. The number of nitrogens with one attached hydrogen (secondary N) is 1. The topological polar surface area (TPSA) is 115 Å². The van der Waals surface area contributed by atoms with E-state index in [9.17, 15) is 32.9 Å². The molecule has 0 aromatic heterocycles. The molecule has 142 valence electrons. The third kappa shape index (κ3) is 5.03. The molecule has 2 amide bonds. The second-order valence-corrected chi connectivity index (χ2v) is 5.59. The fraction of sp³-hybridized carbons (Fsp3) is 0.176. The van der Waals surface area contributed by atoms with Crippen LogP contribution in [0, 0.1) is 10.1 Å². The Kier molecular flexibility index (Phi) is 5.78. The van der Waals surface area contributed by atoms with E-state index in [1.165, 1.54) is 24.3 Å². The smallest absolute Gasteiger partial charge is 0.368 e. The second kappa shape index (κ2) is 7.85. The van der Waals surface area contributed by atoms with E-state index in [2.05, 4.69) is 5.32 Å². The van der Waals surface area contributed by atoms with Gasteiger partial charge in [-0.3, -0.25) is 19.7 Å². The second-order valence-electron chi connectivity index (χ2n) is 5.59. The molecule has 2 aromatic carbocycles. The summed E-state index contributed by atoms with van der Waals surface area (Å²) in [5.74, 6) is -1.76. The van der Waals surface area contributed by atoms with E-state index in [4.69, 9.17) is 5.73 Å². The number of amides is 2. The van der Waals surface area contributed by atoms with Crippen LogP contribution in [0.1, 0.15) is 21.5 Å². The van der Waals surface area contributed by atoms with Crippen LogP contribution in [0.2, 0.25) is 0 Å². The van der Waals surface area contributed by atoms with E-state index in [1.807, 2.05) is 0 Å². The highest BCUT2D eigenvalue weighted by Gasteiger charge is 2.30. The van der Waals surface area contributed by atoms with Crippen LogP contribution < -0.4 is 11.1 Å². The molecule has 2 rings (SSSR count). The number of carbonyl (C=O) groups is 2. The number of nitrogens with two attached hydrogens (primary N) is 1. The number of benzene rings is 2. The summed E-state index contributed by atoms with van der Waals surface area (Å²) in [4.78, 5) is 34.2. The highest BCUT2D eigenvalue weighted by molar-refractivity contribution is 5.97. The molecule has 0 heterocycles. The van der Waals surface area contributed by atoms with Crippen LogP contribution in [0.15, 0.2) is 48.5 Å². The number of rotatable bonds is 6. The van der Waals surface area contributed by atoms with Crippen LogP contribution in [0.5, 0.6) is 0 Å². The Morgan fingerprint density at radius 2 is 1.70 bits per heavy atom. The van der Waals surface area contributed by atoms with Crippen LogP contribution in [0.25, 0.3) is 0 Å². The molecule has 0 bridgehead atoms. The summed E-state index contributed by atoms with van der Waals surface area (Å²) < 4.78 is 37.7. The van der Waals surface area contributed by atoms with E-state index in [0.717, 1.165) is 24.3 Å². The fourth-order valence-corrected chi connectivity index (χ4v) is 2.36. The Hall–Kier alpha value is -3.43. The lowest BCUT2D eigenvalue weighted by molar-refractivity contribution is -0.385. The molecule has 0 aliphatic carbocycles. The number of para-hydroxylation sites is 1. The summed E-state index contributed by atoms with van der Waals surface area (Å²) >= 11 is 0. The zero-order valence-corrected chi connectivity index (χ0v) is 13.7. The van der Waals surface area contributed by atoms with E-state index < -0.39 is 34.5 Å². The number of carbonyl (C=O) groups excluding carboxylic acids is 2. The van der Waals surface area contributed by atoms with Gasteiger partial charge in [0.15, 0.2) is 0 Å². The zero-order valence-electron chi connectivity index (χ0n) is 13.7. The van der Waals surface area contributed by atoms with Crippen molar-refractivity contribution >= 4 is 17.5 Å². The minimum atomic E-state index is -4.54. The van der Waals surface area contributed by atoms with Crippen molar-refractivity contribution in [2.75, 3.05) is 0 Å². The predicted octanol–water partition coefficient (Wildman–Crippen LogP) is 2.44. The number of nitrogens with zero attached hydrogens (tertiary/aromatic N) is 1. The Bertz CT molecular complexity index is 866. The molecule has 0 saturated heterocycles. The molecule has 0 spiro atoms. The first-order valence-corrected chi connectivity index (χ1v) is 7.59. The normalized spacial score (nSPS) is 12.3. The number of nitro groups is 1. The van der Waals surface area contributed by atoms with Gasteiger partial charge in [0.25, 0.3) is 11.6 Å². The molecule has 0 fully saturated rings. The van der Waals surface area contributed by atoms with Crippen molar-refractivity contribution in [3.63, 3.8) is 0 Å². The number of nitro benzene ring substituents is 1. The van der Waals surface area contributed by atoms with Gasteiger partial charge in [-0.1, -0.05) is 18.2 Å². The Morgan fingerprint density at radius 1 is 1.11 bits per heavy atom. The van der Waals surface area contributed by atoms with E-state index in [1.54, 1.807) is 0 Å². The number of halogens is 3. The molecule has 27 heavy (non-hydrogen) atoms. The van der Waals surface area contributed by atoms with Crippen molar-refractivity contribution in [2.24, 2.45) is 5.73 Å². The minimum absolute atomic E-state index is 0.114. The molecule has 0 aliphatic rings. The number of primary amides is 1. The van der Waals surface area contributed by atoms with Crippen LogP contribution in [0.3, 0.4) is 0 Å². The molecule has 0 aliphatic heterocycles. The van der Waals surface area contributed by atoms with Gasteiger partial charge in [0, 0.05) is 23.6 Å². The van der Waals surface area contributed by atoms with Gasteiger partial charge in [-0.15, -0.1) is 0 Å². The summed E-state index contributed by atoms with van der Waals surface area (Å²) in [6.45, 7) is 0. The highest BCUT2D eigenvalue weighted by Crippen LogP contribution is 2.29. The monoisotopic (exact) mass is 381 g/mol. The Balaban J connectivity index is 2.18. The largest absolute Gasteiger partial charge is 0.416 e. The van der Waals surface area contributed by atoms with Gasteiger partial charge >= 0.3 is 6.18 Å². The number of hydrogen-bond donors (Lipinski definition) is 2. The lowest BCUT2D eigenvalue weighted by Gasteiger charge is -2.16. The maximum Gasteiger partial charge on any atom is 0.416 e. The maximum absolute atomic E-state index is 12.6. The summed E-state index contributed by atoms with van der Waals surface area (Å²) in [5.41, 5.74) is 4.14. The summed E-state index contributed by atoms with van der Waals surface area (Å²) in [6, 6.07) is 7.73. The van der Waals surface area contributed by atoms with Crippen LogP contribution in [0.4, 0.5) is 18.9 Å². The standard InChI is InChI=1S/C17H14F3N3O4/c18-17(19,20)12-7-5-10(6-8-12)16(25)22-13(15(21)24)9-11-3-1-2-4-14(11)23(26)27/h1-8,13H,9H2,(H2,21,24)(H,22,25)/t13-/m1/s1. The van der Waals surface area contributed by atoms with Gasteiger partial charge in [-0.05, 0) is 24.3 Å². The van der Waals surface area contributed by atoms with Gasteiger partial charge in [-0.25, -0.2) is 0 Å². The highest BCUT2D eigenvalue weighted by atomic mass is 19.4. The van der Waals surface area contributed by atoms with Crippen molar-refractivity contribution < 1.29 is 27.7 Å². The summed E-state index contributed by atoms with van der Waals surface area (Å²) in [6.07, 6.45) is -4.78. The van der Waals surface area contributed by atoms with Crippen LogP contribution >= 0.6 is 0 Å². The van der Waals surface area contributed by atoms with Crippen molar-refractivity contribution in [1.29, 1.82) is 0 Å². The molecule has 0 unspecified atom stereocenters. The van der Waals surface area contributed by atoms with Crippen LogP contribution in [-0.4, -0.2) is 22.8 Å². The first-order valence-electron chi connectivity index (χ1n) is 7.59. The van der Waals surface area contributed by atoms with Gasteiger partial charge in [0.1, 0.15) is 6.04 Å². The third-order valence-corrected chi connectivity index (χ3v) is 3.74. The van der Waals surface area contributed by atoms with Crippen molar-refractivity contribution in [3.05, 3.63) is 75.3 Å². The van der Waals surface area contributed by atoms with Gasteiger partial charge in [-0.2, -0.15) is 13.2 Å². The van der Waals surface area contributed by atoms with Gasteiger partial charge in [0.05, 0.1) is 10.5 Å². The maximum atomic E-state index is 12.6.